The summed E-state index contributed by atoms with van der Waals surface area (Å²) in [6.45, 7) is 3.75. The maximum atomic E-state index is 13.2. The third-order valence-electron chi connectivity index (χ3n) is 2.59. The second-order valence-electron chi connectivity index (χ2n) is 4.22. The average molecular weight is 347 g/mol. The van der Waals surface area contributed by atoms with Crippen LogP contribution in [0.2, 0.25) is 0 Å². The molecule has 20 heavy (non-hydrogen) atoms. The number of hydrogen-bond donors (Lipinski definition) is 2. The van der Waals surface area contributed by atoms with Gasteiger partial charge in [-0.2, -0.15) is 0 Å². The number of anilines is 1. The Bertz CT molecular complexity index is 523. The van der Waals surface area contributed by atoms with Crippen LogP contribution in [0, 0.1) is 11.7 Å². The minimum atomic E-state index is -0.543. The lowest BCUT2D eigenvalue weighted by atomic mass is 10.1. The quantitative estimate of drug-likeness (QED) is 0.631. The van der Waals surface area contributed by atoms with Crippen LogP contribution in [0.4, 0.5) is 10.1 Å². The van der Waals surface area contributed by atoms with Crippen molar-refractivity contribution in [3.05, 3.63) is 28.0 Å². The summed E-state index contributed by atoms with van der Waals surface area (Å²) < 4.78 is 18.2. The predicted molar refractivity (Wildman–Crippen MR) is 76.6 cm³/mol. The molecular weight excluding hydrogens is 331 g/mol. The lowest BCUT2D eigenvalue weighted by molar-refractivity contribution is -0.147. The van der Waals surface area contributed by atoms with Crippen molar-refractivity contribution in [2.45, 2.75) is 13.8 Å². The minimum absolute atomic E-state index is 0.0342. The lowest BCUT2D eigenvalue weighted by Gasteiger charge is -2.12. The molecule has 1 rings (SSSR count). The molecule has 1 unspecified atom stereocenters. The summed E-state index contributed by atoms with van der Waals surface area (Å²) in [5.41, 5.74) is 5.77. The molecule has 0 radical (unpaired) electrons. The fourth-order valence-electron chi connectivity index (χ4n) is 1.47. The van der Waals surface area contributed by atoms with Crippen LogP contribution in [0.15, 0.2) is 16.6 Å². The van der Waals surface area contributed by atoms with E-state index in [1.165, 1.54) is 6.07 Å². The van der Waals surface area contributed by atoms with E-state index in [0.717, 1.165) is 6.07 Å². The first kappa shape index (κ1) is 16.4. The number of nitrogens with two attached hydrogens (primary N) is 1. The van der Waals surface area contributed by atoms with Gasteiger partial charge in [0.2, 0.25) is 0 Å². The summed E-state index contributed by atoms with van der Waals surface area (Å²) in [7, 11) is 0. The maximum Gasteiger partial charge on any atom is 0.310 e. The topological polar surface area (TPSA) is 81.4 Å². The third-order valence-corrected chi connectivity index (χ3v) is 3.20. The summed E-state index contributed by atoms with van der Waals surface area (Å²) in [6, 6.07) is 2.36. The van der Waals surface area contributed by atoms with Crippen LogP contribution in [0.25, 0.3) is 0 Å². The van der Waals surface area contributed by atoms with Gasteiger partial charge in [-0.05, 0) is 35.0 Å². The first-order valence-electron chi connectivity index (χ1n) is 6.06. The Balaban J connectivity index is 2.68. The molecule has 1 amide bonds. The van der Waals surface area contributed by atoms with Crippen LogP contribution in [-0.2, 0) is 9.53 Å². The molecule has 0 fully saturated rings. The largest absolute Gasteiger partial charge is 0.466 e. The van der Waals surface area contributed by atoms with E-state index in [4.69, 9.17) is 10.5 Å². The molecule has 0 bridgehead atoms. The van der Waals surface area contributed by atoms with Crippen molar-refractivity contribution in [1.82, 2.24) is 5.32 Å². The monoisotopic (exact) mass is 346 g/mol. The van der Waals surface area contributed by atoms with Gasteiger partial charge in [0.15, 0.2) is 0 Å². The Kier molecular flexibility index (Phi) is 5.94. The number of nitrogens with one attached hydrogen (secondary N) is 1. The van der Waals surface area contributed by atoms with Crippen molar-refractivity contribution in [2.24, 2.45) is 5.92 Å². The molecule has 0 aliphatic carbocycles. The highest BCUT2D eigenvalue weighted by atomic mass is 79.9. The van der Waals surface area contributed by atoms with Gasteiger partial charge in [0.25, 0.3) is 5.91 Å². The second-order valence-corrected chi connectivity index (χ2v) is 5.07. The van der Waals surface area contributed by atoms with Crippen LogP contribution in [0.1, 0.15) is 24.2 Å². The summed E-state index contributed by atoms with van der Waals surface area (Å²) in [4.78, 5) is 23.3. The van der Waals surface area contributed by atoms with E-state index >= 15 is 0 Å². The van der Waals surface area contributed by atoms with Gasteiger partial charge in [0.05, 0.1) is 22.6 Å². The zero-order valence-electron chi connectivity index (χ0n) is 11.2. The van der Waals surface area contributed by atoms with E-state index in [-0.39, 0.29) is 34.8 Å². The molecule has 1 aromatic rings. The number of carbonyl (C=O) groups is 2. The highest BCUT2D eigenvalue weighted by Gasteiger charge is 2.17. The number of rotatable bonds is 5. The molecule has 0 spiro atoms. The summed E-state index contributed by atoms with van der Waals surface area (Å²) in [6.07, 6.45) is 0. The number of carbonyl (C=O) groups excluding carboxylic acids is 2. The third kappa shape index (κ3) is 4.19. The number of benzene rings is 1. The van der Waals surface area contributed by atoms with Gasteiger partial charge in [0.1, 0.15) is 5.82 Å². The number of hydrogen-bond acceptors (Lipinski definition) is 4. The standard InChI is InChI=1S/C13H16BrFN2O3/c1-3-20-13(19)7(2)6-17-12(18)8-4-9(14)10(15)5-11(8)16/h4-5,7H,3,6,16H2,1-2H3,(H,17,18). The van der Waals surface area contributed by atoms with Gasteiger partial charge in [-0.15, -0.1) is 0 Å². The van der Waals surface area contributed by atoms with Gasteiger partial charge in [-0.3, -0.25) is 9.59 Å². The molecule has 1 aromatic carbocycles. The normalized spacial score (nSPS) is 11.8. The maximum absolute atomic E-state index is 13.2. The van der Waals surface area contributed by atoms with E-state index in [1.807, 2.05) is 0 Å². The molecule has 1 atom stereocenters. The fraction of sp³-hybridized carbons (Fsp3) is 0.385. The Labute approximate surface area is 124 Å². The average Bonchev–Trinajstić information content (AvgIpc) is 2.40. The Morgan fingerprint density at radius 1 is 1.50 bits per heavy atom. The van der Waals surface area contributed by atoms with Gasteiger partial charge in [-0.1, -0.05) is 6.92 Å². The van der Waals surface area contributed by atoms with Crippen molar-refractivity contribution in [3.63, 3.8) is 0 Å². The summed E-state index contributed by atoms with van der Waals surface area (Å²) in [5.74, 6) is -1.87. The van der Waals surface area contributed by atoms with Crippen LogP contribution in [0.5, 0.6) is 0 Å². The van der Waals surface area contributed by atoms with Crippen molar-refractivity contribution < 1.29 is 18.7 Å². The minimum Gasteiger partial charge on any atom is -0.466 e. The molecule has 0 heterocycles. The van der Waals surface area contributed by atoms with Crippen molar-refractivity contribution in [2.75, 3.05) is 18.9 Å². The van der Waals surface area contributed by atoms with Gasteiger partial charge in [0, 0.05) is 12.2 Å². The smallest absolute Gasteiger partial charge is 0.310 e. The number of esters is 1. The molecule has 110 valence electrons. The molecule has 0 saturated carbocycles. The summed E-state index contributed by atoms with van der Waals surface area (Å²) in [5, 5.41) is 2.56. The first-order valence-corrected chi connectivity index (χ1v) is 6.85. The Morgan fingerprint density at radius 3 is 2.75 bits per heavy atom. The van der Waals surface area contributed by atoms with Crippen LogP contribution >= 0.6 is 15.9 Å². The SMILES string of the molecule is CCOC(=O)C(C)CNC(=O)c1cc(Br)c(F)cc1N. The molecule has 3 N–H and O–H groups in total. The molecule has 7 heteroatoms. The Morgan fingerprint density at radius 2 is 2.15 bits per heavy atom. The van der Waals surface area contributed by atoms with Crippen LogP contribution in [-0.4, -0.2) is 25.0 Å². The van der Waals surface area contributed by atoms with Crippen molar-refractivity contribution >= 4 is 33.5 Å². The number of nitrogen functional groups attached to an aromatic ring is 1. The number of ether oxygens (including phenoxy) is 1. The van der Waals surface area contributed by atoms with Gasteiger partial charge < -0.3 is 15.8 Å². The summed E-state index contributed by atoms with van der Waals surface area (Å²) >= 11 is 2.99. The lowest BCUT2D eigenvalue weighted by Crippen LogP contribution is -2.32. The van der Waals surface area contributed by atoms with Gasteiger partial charge >= 0.3 is 5.97 Å². The van der Waals surface area contributed by atoms with E-state index in [0.29, 0.717) is 0 Å². The number of amides is 1. The fourth-order valence-corrected chi connectivity index (χ4v) is 1.81. The predicted octanol–water partition coefficient (Wildman–Crippen LogP) is 2.10. The molecule has 0 aromatic heterocycles. The van der Waals surface area contributed by atoms with E-state index < -0.39 is 17.6 Å². The molecule has 0 aliphatic rings. The molecule has 0 saturated heterocycles. The zero-order valence-corrected chi connectivity index (χ0v) is 12.8. The highest BCUT2D eigenvalue weighted by Crippen LogP contribution is 2.22. The van der Waals surface area contributed by atoms with Gasteiger partial charge in [-0.25, -0.2) is 4.39 Å². The van der Waals surface area contributed by atoms with Crippen LogP contribution < -0.4 is 11.1 Å². The Hall–Kier alpha value is -1.63. The zero-order chi connectivity index (χ0) is 15.3. The van der Waals surface area contributed by atoms with Crippen LogP contribution in [0.3, 0.4) is 0 Å². The van der Waals surface area contributed by atoms with E-state index in [9.17, 15) is 14.0 Å². The van der Waals surface area contributed by atoms with E-state index in [1.54, 1.807) is 13.8 Å². The van der Waals surface area contributed by atoms with E-state index in [2.05, 4.69) is 21.2 Å². The molecular formula is C13H16BrFN2O3. The first-order chi connectivity index (χ1) is 9.36. The van der Waals surface area contributed by atoms with Crippen molar-refractivity contribution in [1.29, 1.82) is 0 Å². The highest BCUT2D eigenvalue weighted by molar-refractivity contribution is 9.10. The van der Waals surface area contributed by atoms with Crippen molar-refractivity contribution in [3.8, 4) is 0 Å². The second kappa shape index (κ2) is 7.23. The molecule has 5 nitrogen and oxygen atoms in total. The molecule has 0 aliphatic heterocycles. The number of halogens is 2.